The fourth-order valence-electron chi connectivity index (χ4n) is 1.11. The summed E-state index contributed by atoms with van der Waals surface area (Å²) in [6, 6.07) is 0. The van der Waals surface area contributed by atoms with Crippen LogP contribution in [0.4, 0.5) is 5.95 Å². The lowest BCUT2D eigenvalue weighted by Crippen LogP contribution is -2.22. The zero-order valence-electron chi connectivity index (χ0n) is 9.93. The topological polar surface area (TPSA) is 92.2 Å². The number of carbonyl (C=O) groups is 1. The molecule has 0 fully saturated rings. The number of nitrogens with one attached hydrogen (secondary N) is 1. The van der Waals surface area contributed by atoms with Gasteiger partial charge in [-0.3, -0.25) is 4.21 Å². The molecule has 0 saturated heterocycles. The molecule has 0 aliphatic heterocycles. The molecule has 0 bridgehead atoms. The molecule has 0 saturated carbocycles. The van der Waals surface area contributed by atoms with E-state index in [9.17, 15) is 9.00 Å². The molecule has 0 spiro atoms. The maximum absolute atomic E-state index is 11.1. The van der Waals surface area contributed by atoms with Crippen molar-refractivity contribution >= 4 is 22.7 Å². The lowest BCUT2D eigenvalue weighted by Gasteiger charge is -2.10. The predicted molar refractivity (Wildman–Crippen MR) is 65.7 cm³/mol. The quantitative estimate of drug-likeness (QED) is 0.805. The van der Waals surface area contributed by atoms with Gasteiger partial charge < -0.3 is 10.4 Å². The highest BCUT2D eigenvalue weighted by molar-refractivity contribution is 7.84. The number of anilines is 1. The number of aromatic nitrogens is 2. The maximum Gasteiger partial charge on any atom is 0.339 e. The van der Waals surface area contributed by atoms with E-state index in [0.717, 1.165) is 0 Å². The molecule has 1 aromatic rings. The molecular formula is C10H15N3O3S. The van der Waals surface area contributed by atoms with Gasteiger partial charge in [0.2, 0.25) is 5.95 Å². The van der Waals surface area contributed by atoms with Crippen LogP contribution in [0.25, 0.3) is 0 Å². The molecule has 1 aromatic heterocycles. The number of nitrogens with zero attached hydrogens (tertiary/aromatic N) is 2. The van der Waals surface area contributed by atoms with E-state index >= 15 is 0 Å². The number of carboxylic acids is 1. The SMILES string of the molecule is Cc1nc(NCC(C)S(C)=O)ncc1C(=O)O. The third kappa shape index (κ3) is 3.77. The first-order valence-corrected chi connectivity index (χ1v) is 6.67. The van der Waals surface area contributed by atoms with Crippen LogP contribution < -0.4 is 5.32 Å². The van der Waals surface area contributed by atoms with Gasteiger partial charge in [0.15, 0.2) is 0 Å². The van der Waals surface area contributed by atoms with Crippen molar-refractivity contribution in [3.63, 3.8) is 0 Å². The van der Waals surface area contributed by atoms with Crippen molar-refractivity contribution in [3.8, 4) is 0 Å². The van der Waals surface area contributed by atoms with Crippen molar-refractivity contribution in [2.24, 2.45) is 0 Å². The molecule has 94 valence electrons. The standard InChI is InChI=1S/C10H15N3O3S/c1-6(17(3)16)4-11-10-12-5-8(9(14)15)7(2)13-10/h5-6H,4H2,1-3H3,(H,14,15)(H,11,12,13). The number of hydrogen-bond acceptors (Lipinski definition) is 5. The molecule has 6 nitrogen and oxygen atoms in total. The highest BCUT2D eigenvalue weighted by Crippen LogP contribution is 2.07. The largest absolute Gasteiger partial charge is 0.478 e. The summed E-state index contributed by atoms with van der Waals surface area (Å²) in [5.74, 6) is -0.693. The van der Waals surface area contributed by atoms with Crippen molar-refractivity contribution in [1.82, 2.24) is 9.97 Å². The normalized spacial score (nSPS) is 14.1. The second-order valence-corrected chi connectivity index (χ2v) is 5.49. The number of aryl methyl sites for hydroxylation is 1. The Balaban J connectivity index is 2.71. The van der Waals surface area contributed by atoms with E-state index in [4.69, 9.17) is 5.11 Å². The Bertz CT molecular complexity index is 450. The molecule has 7 heteroatoms. The second-order valence-electron chi connectivity index (χ2n) is 3.69. The number of rotatable bonds is 5. The summed E-state index contributed by atoms with van der Waals surface area (Å²) in [5.41, 5.74) is 0.489. The Morgan fingerprint density at radius 2 is 2.29 bits per heavy atom. The van der Waals surface area contributed by atoms with E-state index in [-0.39, 0.29) is 10.8 Å². The summed E-state index contributed by atoms with van der Waals surface area (Å²) in [4.78, 5) is 18.7. The second kappa shape index (κ2) is 5.72. The molecule has 0 amide bonds. The van der Waals surface area contributed by atoms with Crippen LogP contribution in [0.15, 0.2) is 6.20 Å². The summed E-state index contributed by atoms with van der Waals surface area (Å²) in [6.45, 7) is 3.94. The van der Waals surface area contributed by atoms with Crippen molar-refractivity contribution in [2.45, 2.75) is 19.1 Å². The molecular weight excluding hydrogens is 242 g/mol. The van der Waals surface area contributed by atoms with Crippen molar-refractivity contribution in [1.29, 1.82) is 0 Å². The minimum absolute atomic E-state index is 0.0157. The molecule has 1 rings (SSSR count). The zero-order chi connectivity index (χ0) is 13.0. The molecule has 0 radical (unpaired) electrons. The van der Waals surface area contributed by atoms with Crippen molar-refractivity contribution in [2.75, 3.05) is 18.1 Å². The molecule has 0 aromatic carbocycles. The first kappa shape index (κ1) is 13.6. The van der Waals surface area contributed by atoms with Crippen molar-refractivity contribution < 1.29 is 14.1 Å². The maximum atomic E-state index is 11.1. The van der Waals surface area contributed by atoms with Crippen LogP contribution >= 0.6 is 0 Å². The lowest BCUT2D eigenvalue weighted by molar-refractivity contribution is 0.0695. The first-order valence-electron chi connectivity index (χ1n) is 5.05. The average molecular weight is 257 g/mol. The molecule has 0 aliphatic carbocycles. The van der Waals surface area contributed by atoms with Crippen LogP contribution in [-0.4, -0.2) is 43.3 Å². The minimum atomic E-state index is -1.04. The summed E-state index contributed by atoms with van der Waals surface area (Å²) in [5, 5.41) is 11.7. The monoisotopic (exact) mass is 257 g/mol. The van der Waals surface area contributed by atoms with Crippen LogP contribution in [0.1, 0.15) is 23.0 Å². The highest BCUT2D eigenvalue weighted by Gasteiger charge is 2.11. The van der Waals surface area contributed by atoms with E-state index < -0.39 is 16.8 Å². The lowest BCUT2D eigenvalue weighted by atomic mass is 10.2. The Hall–Kier alpha value is -1.50. The Morgan fingerprint density at radius 1 is 1.65 bits per heavy atom. The fraction of sp³-hybridized carbons (Fsp3) is 0.500. The van der Waals surface area contributed by atoms with E-state index in [0.29, 0.717) is 18.2 Å². The van der Waals surface area contributed by atoms with Gasteiger partial charge in [0.25, 0.3) is 0 Å². The van der Waals surface area contributed by atoms with Gasteiger partial charge in [-0.1, -0.05) is 0 Å². The first-order chi connectivity index (χ1) is 7.91. The Morgan fingerprint density at radius 3 is 2.76 bits per heavy atom. The van der Waals surface area contributed by atoms with Gasteiger partial charge in [-0.15, -0.1) is 0 Å². The third-order valence-electron chi connectivity index (χ3n) is 2.32. The van der Waals surface area contributed by atoms with Gasteiger partial charge in [-0.25, -0.2) is 14.8 Å². The highest BCUT2D eigenvalue weighted by atomic mass is 32.2. The zero-order valence-corrected chi connectivity index (χ0v) is 10.7. The molecule has 17 heavy (non-hydrogen) atoms. The van der Waals surface area contributed by atoms with Crippen LogP contribution in [-0.2, 0) is 10.8 Å². The van der Waals surface area contributed by atoms with Gasteiger partial charge in [-0.05, 0) is 13.8 Å². The Kier molecular flexibility index (Phi) is 4.56. The van der Waals surface area contributed by atoms with Crippen LogP contribution in [0.2, 0.25) is 0 Å². The number of hydrogen-bond donors (Lipinski definition) is 2. The Labute approximate surface area is 102 Å². The van der Waals surface area contributed by atoms with E-state index in [2.05, 4.69) is 15.3 Å². The van der Waals surface area contributed by atoms with Gasteiger partial charge in [-0.2, -0.15) is 0 Å². The number of carboxylic acid groups (broad SMARTS) is 1. The summed E-state index contributed by atoms with van der Waals surface area (Å²) in [7, 11) is -0.913. The van der Waals surface area contributed by atoms with Crippen molar-refractivity contribution in [3.05, 3.63) is 17.5 Å². The third-order valence-corrected chi connectivity index (χ3v) is 3.62. The van der Waals surface area contributed by atoms with E-state index in [1.807, 2.05) is 6.92 Å². The number of aromatic carboxylic acids is 1. The molecule has 2 atom stereocenters. The fourth-order valence-corrected chi connectivity index (χ4v) is 1.43. The summed E-state index contributed by atoms with van der Waals surface area (Å²) < 4.78 is 11.1. The van der Waals surface area contributed by atoms with E-state index in [1.165, 1.54) is 6.20 Å². The van der Waals surface area contributed by atoms with Crippen LogP contribution in [0.3, 0.4) is 0 Å². The molecule has 1 heterocycles. The smallest absolute Gasteiger partial charge is 0.339 e. The van der Waals surface area contributed by atoms with Gasteiger partial charge >= 0.3 is 5.97 Å². The van der Waals surface area contributed by atoms with Gasteiger partial charge in [0, 0.05) is 35.0 Å². The summed E-state index contributed by atoms with van der Waals surface area (Å²) in [6.07, 6.45) is 2.90. The molecule has 0 aliphatic rings. The van der Waals surface area contributed by atoms with Crippen LogP contribution in [0.5, 0.6) is 0 Å². The van der Waals surface area contributed by atoms with Gasteiger partial charge in [0.1, 0.15) is 0 Å². The average Bonchev–Trinajstić information content (AvgIpc) is 2.25. The molecule has 2 N–H and O–H groups in total. The van der Waals surface area contributed by atoms with Crippen LogP contribution in [0, 0.1) is 6.92 Å². The summed E-state index contributed by atoms with van der Waals surface area (Å²) >= 11 is 0. The molecule has 2 unspecified atom stereocenters. The predicted octanol–water partition coefficient (Wildman–Crippen LogP) is 0.662. The minimum Gasteiger partial charge on any atom is -0.478 e. The van der Waals surface area contributed by atoms with E-state index in [1.54, 1.807) is 13.2 Å². The van der Waals surface area contributed by atoms with Gasteiger partial charge in [0.05, 0.1) is 11.3 Å².